The minimum absolute atomic E-state index is 0.0444. The second kappa shape index (κ2) is 8.20. The highest BCUT2D eigenvalue weighted by Crippen LogP contribution is 2.31. The second-order valence-electron chi connectivity index (χ2n) is 7.37. The quantitative estimate of drug-likeness (QED) is 0.878. The lowest BCUT2D eigenvalue weighted by molar-refractivity contribution is 0.0788. The monoisotopic (exact) mass is 381 g/mol. The predicted octanol–water partition coefficient (Wildman–Crippen LogP) is 2.10. The zero-order valence-electron chi connectivity index (χ0n) is 16.2. The van der Waals surface area contributed by atoms with E-state index in [2.05, 4.69) is 11.0 Å². The highest BCUT2D eigenvalue weighted by molar-refractivity contribution is 6.00. The molecule has 28 heavy (non-hydrogen) atoms. The van der Waals surface area contributed by atoms with Crippen LogP contribution in [-0.4, -0.2) is 63.4 Å². The Labute approximate surface area is 165 Å². The van der Waals surface area contributed by atoms with Crippen LogP contribution in [0.25, 0.3) is 0 Å². The number of hydrogen-bond acceptors (Lipinski definition) is 5. The fraction of sp³-hybridized carbons (Fsp3) is 0.409. The molecule has 0 aromatic heterocycles. The molecule has 2 fully saturated rings. The molecule has 2 aromatic rings. The molecule has 6 nitrogen and oxygen atoms in total. The predicted molar refractivity (Wildman–Crippen MR) is 109 cm³/mol. The molecule has 2 aliphatic rings. The van der Waals surface area contributed by atoms with Gasteiger partial charge in [-0.05, 0) is 29.8 Å². The number of likely N-dealkylation sites (tertiary alicyclic amines) is 1. The molecule has 2 aliphatic heterocycles. The first-order chi connectivity index (χ1) is 13.7. The van der Waals surface area contributed by atoms with E-state index in [1.54, 1.807) is 7.11 Å². The standard InChI is InChI=1S/C22H27N3O3/c1-27-17-6-4-5-16(13-17)19-14-25(15-20(19)23)22(26)18-7-2-3-8-21(18)24-9-11-28-12-10-24/h2-8,13,19-20H,9-12,14-15,23H2,1H3. The number of para-hydroxylation sites is 1. The number of nitrogens with two attached hydrogens (primary N) is 1. The van der Waals surface area contributed by atoms with Gasteiger partial charge in [-0.3, -0.25) is 4.79 Å². The van der Waals surface area contributed by atoms with E-state index in [4.69, 9.17) is 15.2 Å². The summed E-state index contributed by atoms with van der Waals surface area (Å²) in [7, 11) is 1.66. The van der Waals surface area contributed by atoms with Crippen LogP contribution in [0.4, 0.5) is 5.69 Å². The van der Waals surface area contributed by atoms with Gasteiger partial charge in [0.1, 0.15) is 5.75 Å². The maximum atomic E-state index is 13.3. The molecule has 2 saturated heterocycles. The van der Waals surface area contributed by atoms with Crippen molar-refractivity contribution in [2.75, 3.05) is 51.4 Å². The largest absolute Gasteiger partial charge is 0.497 e. The first-order valence-corrected chi connectivity index (χ1v) is 9.78. The Kier molecular flexibility index (Phi) is 5.50. The normalized spacial score (nSPS) is 22.4. The van der Waals surface area contributed by atoms with E-state index in [1.165, 1.54) is 0 Å². The van der Waals surface area contributed by atoms with E-state index in [9.17, 15) is 4.79 Å². The van der Waals surface area contributed by atoms with Crippen molar-refractivity contribution in [1.82, 2.24) is 4.90 Å². The van der Waals surface area contributed by atoms with E-state index < -0.39 is 0 Å². The summed E-state index contributed by atoms with van der Waals surface area (Å²) in [4.78, 5) is 17.5. The average molecular weight is 381 g/mol. The summed E-state index contributed by atoms with van der Waals surface area (Å²) < 4.78 is 10.8. The number of carbonyl (C=O) groups is 1. The van der Waals surface area contributed by atoms with E-state index in [-0.39, 0.29) is 17.9 Å². The summed E-state index contributed by atoms with van der Waals surface area (Å²) in [5.74, 6) is 0.963. The van der Waals surface area contributed by atoms with Crippen molar-refractivity contribution in [1.29, 1.82) is 0 Å². The van der Waals surface area contributed by atoms with Gasteiger partial charge in [-0.25, -0.2) is 0 Å². The van der Waals surface area contributed by atoms with E-state index in [1.807, 2.05) is 47.4 Å². The number of amides is 1. The summed E-state index contributed by atoms with van der Waals surface area (Å²) >= 11 is 0. The third-order valence-electron chi connectivity index (χ3n) is 5.66. The van der Waals surface area contributed by atoms with Crippen LogP contribution in [-0.2, 0) is 4.74 Å². The van der Waals surface area contributed by atoms with Crippen molar-refractivity contribution in [3.63, 3.8) is 0 Å². The van der Waals surface area contributed by atoms with Crippen molar-refractivity contribution in [2.45, 2.75) is 12.0 Å². The van der Waals surface area contributed by atoms with E-state index >= 15 is 0 Å². The van der Waals surface area contributed by atoms with E-state index in [0.29, 0.717) is 26.3 Å². The van der Waals surface area contributed by atoms with Crippen molar-refractivity contribution in [3.8, 4) is 5.75 Å². The van der Waals surface area contributed by atoms with Gasteiger partial charge in [0.05, 0.1) is 25.9 Å². The first kappa shape index (κ1) is 18.8. The molecule has 4 rings (SSSR count). The van der Waals surface area contributed by atoms with Crippen LogP contribution in [0.1, 0.15) is 21.8 Å². The van der Waals surface area contributed by atoms with Gasteiger partial charge >= 0.3 is 0 Å². The van der Waals surface area contributed by atoms with Crippen molar-refractivity contribution in [2.24, 2.45) is 5.73 Å². The summed E-state index contributed by atoms with van der Waals surface area (Å²) in [6, 6.07) is 15.7. The van der Waals surface area contributed by atoms with Crippen LogP contribution in [0.15, 0.2) is 48.5 Å². The Morgan fingerprint density at radius 1 is 1.11 bits per heavy atom. The van der Waals surface area contributed by atoms with Crippen molar-refractivity contribution in [3.05, 3.63) is 59.7 Å². The van der Waals surface area contributed by atoms with Gasteiger partial charge in [-0.2, -0.15) is 0 Å². The van der Waals surface area contributed by atoms with Crippen LogP contribution >= 0.6 is 0 Å². The Balaban J connectivity index is 1.55. The molecule has 2 heterocycles. The van der Waals surface area contributed by atoms with E-state index in [0.717, 1.165) is 35.7 Å². The molecular weight excluding hydrogens is 354 g/mol. The maximum Gasteiger partial charge on any atom is 0.256 e. The molecule has 0 spiro atoms. The van der Waals surface area contributed by atoms with Gasteiger partial charge in [0, 0.05) is 43.8 Å². The lowest BCUT2D eigenvalue weighted by Gasteiger charge is -2.31. The first-order valence-electron chi connectivity index (χ1n) is 9.78. The summed E-state index contributed by atoms with van der Waals surface area (Å²) in [6.45, 7) is 4.15. The summed E-state index contributed by atoms with van der Waals surface area (Å²) in [5.41, 5.74) is 9.26. The van der Waals surface area contributed by atoms with Gasteiger partial charge in [-0.1, -0.05) is 24.3 Å². The van der Waals surface area contributed by atoms with Gasteiger partial charge in [0.15, 0.2) is 0 Å². The molecule has 1 amide bonds. The number of carbonyl (C=O) groups excluding carboxylic acids is 1. The third-order valence-corrected chi connectivity index (χ3v) is 5.66. The Morgan fingerprint density at radius 3 is 2.68 bits per heavy atom. The molecule has 0 bridgehead atoms. The Bertz CT molecular complexity index is 835. The second-order valence-corrected chi connectivity index (χ2v) is 7.37. The molecule has 0 aliphatic carbocycles. The molecule has 2 N–H and O–H groups in total. The average Bonchev–Trinajstić information content (AvgIpc) is 3.15. The molecule has 0 saturated carbocycles. The van der Waals surface area contributed by atoms with Crippen molar-refractivity contribution < 1.29 is 14.3 Å². The molecule has 2 unspecified atom stereocenters. The van der Waals surface area contributed by atoms with Crippen LogP contribution in [0.2, 0.25) is 0 Å². The molecular formula is C22H27N3O3. The van der Waals surface area contributed by atoms with Gasteiger partial charge < -0.3 is 25.0 Å². The number of rotatable bonds is 4. The zero-order chi connectivity index (χ0) is 19.5. The smallest absolute Gasteiger partial charge is 0.256 e. The molecule has 148 valence electrons. The Morgan fingerprint density at radius 2 is 1.89 bits per heavy atom. The number of hydrogen-bond donors (Lipinski definition) is 1. The molecule has 2 aromatic carbocycles. The lowest BCUT2D eigenvalue weighted by atomic mass is 9.95. The highest BCUT2D eigenvalue weighted by atomic mass is 16.5. The highest BCUT2D eigenvalue weighted by Gasteiger charge is 2.35. The third kappa shape index (κ3) is 3.70. The number of ether oxygens (including phenoxy) is 2. The van der Waals surface area contributed by atoms with Crippen LogP contribution in [0, 0.1) is 0 Å². The number of anilines is 1. The molecule has 0 radical (unpaired) electrons. The molecule has 2 atom stereocenters. The van der Waals surface area contributed by atoms with Crippen LogP contribution in [0.3, 0.4) is 0 Å². The number of morpholine rings is 1. The summed E-state index contributed by atoms with van der Waals surface area (Å²) in [6.07, 6.45) is 0. The number of methoxy groups -OCH3 is 1. The molecule has 6 heteroatoms. The van der Waals surface area contributed by atoms with Crippen molar-refractivity contribution >= 4 is 11.6 Å². The number of benzene rings is 2. The van der Waals surface area contributed by atoms with Gasteiger partial charge in [-0.15, -0.1) is 0 Å². The fourth-order valence-corrected chi connectivity index (χ4v) is 4.12. The topological polar surface area (TPSA) is 68.0 Å². The van der Waals surface area contributed by atoms with Gasteiger partial charge in [0.25, 0.3) is 5.91 Å². The number of nitrogens with zero attached hydrogens (tertiary/aromatic N) is 2. The minimum atomic E-state index is -0.0911. The maximum absolute atomic E-state index is 13.3. The lowest BCUT2D eigenvalue weighted by Crippen LogP contribution is -2.38. The SMILES string of the molecule is COc1cccc(C2CN(C(=O)c3ccccc3N3CCOCC3)CC2N)c1. The van der Waals surface area contributed by atoms with Crippen LogP contribution in [0.5, 0.6) is 5.75 Å². The Hall–Kier alpha value is -2.57. The summed E-state index contributed by atoms with van der Waals surface area (Å²) in [5, 5.41) is 0. The van der Waals surface area contributed by atoms with Crippen LogP contribution < -0.4 is 15.4 Å². The van der Waals surface area contributed by atoms with Gasteiger partial charge in [0.2, 0.25) is 0 Å². The minimum Gasteiger partial charge on any atom is -0.497 e. The fourth-order valence-electron chi connectivity index (χ4n) is 4.12. The zero-order valence-corrected chi connectivity index (χ0v) is 16.2.